The van der Waals surface area contributed by atoms with Crippen LogP contribution in [-0.2, 0) is 115 Å². The molecule has 41 nitrogen and oxygen atoms in total. The Bertz CT molecular complexity index is 5020. The van der Waals surface area contributed by atoms with Crippen LogP contribution in [0.2, 0.25) is 0 Å². The van der Waals surface area contributed by atoms with Crippen molar-refractivity contribution in [2.45, 2.75) is 322 Å². The number of aromatic nitrogens is 1. The van der Waals surface area contributed by atoms with Crippen LogP contribution >= 0.6 is 0 Å². The van der Waals surface area contributed by atoms with Gasteiger partial charge in [-0.05, 0) is 180 Å². The van der Waals surface area contributed by atoms with Crippen molar-refractivity contribution in [1.82, 2.24) is 84.7 Å². The van der Waals surface area contributed by atoms with Gasteiger partial charge in [0.2, 0.25) is 112 Å². The smallest absolute Gasteiger partial charge is 0.303 e. The Kier molecular flexibility index (Phi) is 46.4. The summed E-state index contributed by atoms with van der Waals surface area (Å²) < 4.78 is 0. The first kappa shape index (κ1) is 116. The van der Waals surface area contributed by atoms with E-state index in [1.165, 1.54) is 100 Å². The zero-order chi connectivity index (χ0) is 104. The number of benzene rings is 3. The standard InChI is InChI=1S/C98H144N18O23/c1-53(2)45-66-52-103-70(39-41-76(99)120)82(126)81(125)57(7)105-88(132)75(49-65-51-102-69-34-28-27-33-68(65)69)110-89(133)73(48-64-35-37-67(119)38-36-64)109-87(131)71(40-42-77(121)122)112-95(139)98(16,116-91(135)74(47-63-31-25-24-26-32-63)111-92(136)78(61(11)117)113-90(134)72(46-54(3)4)108-62(12)118)44-30-23-21-19-17-18-20-22-29-43-97(15,115-86(66)130)94(138)107-60(10)85(129)114-96(13,14)93(137)106-58(8)80(124)79(123)56(6)104-84(128)59(9)101-50-55(5)83(100)127/h18,20,24-28,31-38,51,53-61,66,70-75,78,101-103,117,119H,17,19,21-23,29-30,39-50,52H2,1-16H3,(H2,99,120)(H2,100,127)(H,104,128)(H,105,132)(H,106,137)(H,107,138)(H,108,118)(H,109,131)(H,110,133)(H,111,136)(H,112,139)(H,113,134)(H,114,129)(H,115,130)(H,116,135)(H,121,122)/b20-18+/t55-,56-,57?,58-,59?,60?,61+,66+,70-,71-,72-,73?,74-,75-,78-,97-,98+/m0/s1. The number of carboxylic acids is 1. The maximum Gasteiger partial charge on any atom is 0.303 e. The van der Waals surface area contributed by atoms with E-state index in [1.54, 1.807) is 95.4 Å². The Morgan fingerprint density at radius 2 is 1.14 bits per heavy atom. The second-order valence-corrected chi connectivity index (χ2v) is 38.0. The number of aliphatic hydroxyl groups excluding tert-OH is 1. The van der Waals surface area contributed by atoms with Crippen molar-refractivity contribution in [2.24, 2.45) is 35.1 Å². The maximum absolute atomic E-state index is 15.6. The molecule has 17 atom stereocenters. The Morgan fingerprint density at radius 3 is 1.75 bits per heavy atom. The highest BCUT2D eigenvalue weighted by atomic mass is 16.4. The lowest BCUT2D eigenvalue weighted by Crippen LogP contribution is -2.65. The number of H-pyrrole nitrogens is 1. The van der Waals surface area contributed by atoms with Gasteiger partial charge < -0.3 is 112 Å². The maximum atomic E-state index is 15.6. The van der Waals surface area contributed by atoms with E-state index >= 15 is 33.6 Å². The highest BCUT2D eigenvalue weighted by molar-refractivity contribution is 6.42. The van der Waals surface area contributed by atoms with E-state index in [4.69, 9.17) is 11.5 Å². The summed E-state index contributed by atoms with van der Waals surface area (Å²) in [5, 5.41) is 72.1. The van der Waals surface area contributed by atoms with Crippen LogP contribution in [0.4, 0.5) is 0 Å². The molecule has 23 N–H and O–H groups in total. The van der Waals surface area contributed by atoms with Crippen LogP contribution in [0.3, 0.4) is 0 Å². The molecule has 1 aliphatic heterocycles. The molecule has 0 bridgehead atoms. The molecular weight excluding hydrogens is 1800 g/mol. The van der Waals surface area contributed by atoms with Crippen molar-refractivity contribution in [2.75, 3.05) is 13.1 Å². The van der Waals surface area contributed by atoms with E-state index in [9.17, 15) is 77.6 Å². The number of fused-ring (bicyclic) bond motifs is 1. The van der Waals surface area contributed by atoms with Gasteiger partial charge >= 0.3 is 5.97 Å². The number of carbonyl (C=O) groups excluding carboxylic acids is 19. The van der Waals surface area contributed by atoms with Gasteiger partial charge in [0.25, 0.3) is 0 Å². The van der Waals surface area contributed by atoms with Gasteiger partial charge in [-0.15, -0.1) is 0 Å². The number of ketones is 4. The number of carboxylic acid groups (broad SMARTS) is 1. The third kappa shape index (κ3) is 38.3. The molecule has 41 heteroatoms. The molecular formula is C98H144N18O23. The number of rotatable bonds is 39. The number of phenols is 1. The first-order chi connectivity index (χ1) is 65.1. The molecule has 139 heavy (non-hydrogen) atoms. The van der Waals surface area contributed by atoms with Crippen LogP contribution < -0.4 is 91.2 Å². The fourth-order valence-electron chi connectivity index (χ4n) is 15.5. The van der Waals surface area contributed by atoms with E-state index in [0.717, 1.165) is 0 Å². The molecule has 0 aliphatic carbocycles. The van der Waals surface area contributed by atoms with Crippen LogP contribution in [0.25, 0.3) is 10.9 Å². The van der Waals surface area contributed by atoms with Gasteiger partial charge in [-0.2, -0.15) is 0 Å². The van der Waals surface area contributed by atoms with Gasteiger partial charge in [-0.25, -0.2) is 0 Å². The second-order valence-electron chi connectivity index (χ2n) is 38.0. The fourth-order valence-corrected chi connectivity index (χ4v) is 15.5. The third-order valence-electron chi connectivity index (χ3n) is 24.0. The molecule has 5 rings (SSSR count). The molecule has 0 spiro atoms. The van der Waals surface area contributed by atoms with Crippen molar-refractivity contribution < 1.29 is 111 Å². The number of allylic oxidation sites excluding steroid dienone is 2. The van der Waals surface area contributed by atoms with Crippen LogP contribution in [0.5, 0.6) is 5.75 Å². The molecule has 1 aliphatic rings. The number of aliphatic carboxylic acids is 1. The monoisotopic (exact) mass is 1940 g/mol. The predicted octanol–water partition coefficient (Wildman–Crippen LogP) is 1.13. The Labute approximate surface area is 810 Å². The average molecular weight is 1940 g/mol. The minimum atomic E-state index is -2.08. The summed E-state index contributed by atoms with van der Waals surface area (Å²) in [7, 11) is 0. The number of primary amides is 2. The van der Waals surface area contributed by atoms with Crippen LogP contribution in [0, 0.1) is 23.7 Å². The normalized spacial score (nSPS) is 21.8. The number of aromatic hydroxyl groups is 1. The van der Waals surface area contributed by atoms with E-state index < -0.39 is 257 Å². The number of aliphatic hydroxyl groups is 1. The zero-order valence-corrected chi connectivity index (χ0v) is 82.4. The number of para-hydroxylation sites is 1. The van der Waals surface area contributed by atoms with Gasteiger partial charge in [-0.1, -0.05) is 127 Å². The van der Waals surface area contributed by atoms with Gasteiger partial charge in [-0.3, -0.25) is 95.9 Å². The van der Waals surface area contributed by atoms with E-state index in [2.05, 4.69) is 84.7 Å². The lowest BCUT2D eigenvalue weighted by atomic mass is 9.89. The number of hydrogen-bond donors (Lipinski definition) is 21. The topological polar surface area (TPSA) is 650 Å². The second kappa shape index (κ2) is 55.4. The predicted molar refractivity (Wildman–Crippen MR) is 515 cm³/mol. The fraction of sp³-hybridized carbons (Fsp3) is 0.571. The summed E-state index contributed by atoms with van der Waals surface area (Å²) in [5.74, 6) is -21.8. The molecule has 0 saturated carbocycles. The van der Waals surface area contributed by atoms with Crippen molar-refractivity contribution in [3.05, 3.63) is 114 Å². The number of aromatic amines is 1. The molecule has 0 saturated heterocycles. The molecule has 4 aromatic rings. The SMILES string of the molecule is CC(=O)N[C@@H](CC(C)C)C(=O)N[C@H](C(=O)N[C@@H](Cc1ccccc1)C(=O)N[C@]1(C)CCCCCC/C=C/CCC[C@@](C)(C(=O)NC(C)C(=O)NC(C)(C)C(=O)N[C@@H](C)C(=O)C(=O)[C@H](C)NC(=O)C(C)NC[C@H](C)C(N)=O)NC(=O)[C@H](CC(C)C)CN[C@@H](CCC(N)=O)C(=O)C(=O)C(C)NC(=O)[C@H](Cc2c[nH]c3ccccc23)NC(=O)C(Cc2ccc(O)cc2)NC(=O)[C@H](CCC(=O)O)NC1=O)[C@@H](C)O. The molecule has 15 amide bonds. The number of hydrogen-bond acceptors (Lipinski definition) is 24. The first-order valence-corrected chi connectivity index (χ1v) is 47.3. The number of Topliss-reactive ketones (excluding diaryl/α,β-unsaturated/α-hetero) is 4. The summed E-state index contributed by atoms with van der Waals surface area (Å²) in [6.45, 7) is 22.6. The largest absolute Gasteiger partial charge is 0.508 e. The number of carbonyl (C=O) groups is 20. The van der Waals surface area contributed by atoms with Crippen molar-refractivity contribution >= 4 is 129 Å². The Morgan fingerprint density at radius 1 is 0.554 bits per heavy atom. The zero-order valence-electron chi connectivity index (χ0n) is 82.4. The average Bonchev–Trinajstić information content (AvgIpc) is 1.30. The quantitative estimate of drug-likeness (QED) is 0.0220. The van der Waals surface area contributed by atoms with E-state index in [-0.39, 0.29) is 82.0 Å². The van der Waals surface area contributed by atoms with E-state index in [1.807, 2.05) is 12.2 Å². The number of nitrogens with two attached hydrogens (primary N) is 2. The molecule has 3 aromatic carbocycles. The highest BCUT2D eigenvalue weighted by Gasteiger charge is 2.45. The molecule has 1 aromatic heterocycles. The summed E-state index contributed by atoms with van der Waals surface area (Å²) >= 11 is 0. The first-order valence-electron chi connectivity index (χ1n) is 47.3. The molecule has 4 unspecified atom stereocenters. The van der Waals surface area contributed by atoms with Crippen molar-refractivity contribution in [3.8, 4) is 5.75 Å². The highest BCUT2D eigenvalue weighted by Crippen LogP contribution is 2.26. The summed E-state index contributed by atoms with van der Waals surface area (Å²) in [5.41, 5.74) is 6.99. The van der Waals surface area contributed by atoms with Crippen LogP contribution in [0.15, 0.2) is 97.2 Å². The molecule has 764 valence electrons. The number of amides is 15. The lowest BCUT2D eigenvalue weighted by Gasteiger charge is -2.34. The van der Waals surface area contributed by atoms with Crippen molar-refractivity contribution in [3.63, 3.8) is 0 Å². The van der Waals surface area contributed by atoms with Gasteiger partial charge in [0.1, 0.15) is 64.7 Å². The minimum Gasteiger partial charge on any atom is -0.508 e. The van der Waals surface area contributed by atoms with E-state index in [0.29, 0.717) is 59.7 Å². The summed E-state index contributed by atoms with van der Waals surface area (Å²) in [6, 6.07) is 2.38. The van der Waals surface area contributed by atoms with Gasteiger partial charge in [0.15, 0.2) is 0 Å². The van der Waals surface area contributed by atoms with Crippen LogP contribution in [0.1, 0.15) is 224 Å². The molecule has 0 radical (unpaired) electrons. The van der Waals surface area contributed by atoms with Gasteiger partial charge in [0.05, 0.1) is 42.2 Å². The Balaban J connectivity index is 1.60. The number of phenolic OH excluding ortho intramolecular Hbond substituents is 1. The summed E-state index contributed by atoms with van der Waals surface area (Å²) in [4.78, 5) is 285. The van der Waals surface area contributed by atoms with Crippen molar-refractivity contribution in [1.29, 1.82) is 0 Å². The third-order valence-corrected chi connectivity index (χ3v) is 24.0. The Hall–Kier alpha value is -13.2. The van der Waals surface area contributed by atoms with Gasteiger partial charge in [0, 0.05) is 75.1 Å². The van der Waals surface area contributed by atoms with Crippen LogP contribution in [-0.4, -0.2) is 246 Å². The summed E-state index contributed by atoms with van der Waals surface area (Å²) in [6.07, 6.45) is 2.81. The lowest BCUT2D eigenvalue weighted by molar-refractivity contribution is -0.141. The molecule has 0 fully saturated rings. The molecule has 2 heterocycles. The number of nitrogens with one attached hydrogen (secondary N) is 16. The minimum absolute atomic E-state index is 0.0439.